The molecule has 0 amide bonds. The van der Waals surface area contributed by atoms with E-state index in [1.807, 2.05) is 6.07 Å². The van der Waals surface area contributed by atoms with Crippen molar-refractivity contribution in [3.8, 4) is 0 Å². The molecule has 0 atom stereocenters. The van der Waals surface area contributed by atoms with Crippen LogP contribution < -0.4 is 4.90 Å². The Kier molecular flexibility index (Phi) is 5.46. The molecule has 3 heteroatoms. The van der Waals surface area contributed by atoms with Gasteiger partial charge in [0.25, 0.3) is 0 Å². The highest BCUT2D eigenvalue weighted by molar-refractivity contribution is 6.41. The molecule has 0 saturated heterocycles. The first-order valence-corrected chi connectivity index (χ1v) is 14.1. The van der Waals surface area contributed by atoms with Crippen molar-refractivity contribution in [2.24, 2.45) is 0 Å². The fraction of sp³-hybridized carbons (Fsp3) is 0.158. The lowest BCUT2D eigenvalue weighted by molar-refractivity contribution is 0.0990. The fourth-order valence-corrected chi connectivity index (χ4v) is 7.07. The number of para-hydroxylation sites is 1. The Morgan fingerprint density at radius 3 is 2.00 bits per heavy atom. The molecule has 2 aliphatic rings. The molecule has 5 aromatic carbocycles. The zero-order valence-electron chi connectivity index (χ0n) is 24.0. The molecule has 0 N–H and O–H groups in total. The highest BCUT2D eigenvalue weighted by atomic mass is 16.2. The van der Waals surface area contributed by atoms with E-state index in [9.17, 15) is 9.59 Å². The minimum absolute atomic E-state index is 0.201. The first-order chi connectivity index (χ1) is 19.7. The summed E-state index contributed by atoms with van der Waals surface area (Å²) < 4.78 is 0. The van der Waals surface area contributed by atoms with Crippen molar-refractivity contribution in [3.63, 3.8) is 0 Å². The number of ketones is 2. The topological polar surface area (TPSA) is 37.4 Å². The maximum Gasteiger partial charge on any atom is 0.197 e. The maximum atomic E-state index is 13.0. The highest BCUT2D eigenvalue weighted by Crippen LogP contribution is 2.54. The second kappa shape index (κ2) is 8.87. The molecule has 0 spiro atoms. The van der Waals surface area contributed by atoms with Gasteiger partial charge in [0.05, 0.1) is 22.6 Å². The average molecular weight is 534 g/mol. The lowest BCUT2D eigenvalue weighted by atomic mass is 9.71. The lowest BCUT2D eigenvalue weighted by Gasteiger charge is -2.43. The zero-order valence-corrected chi connectivity index (χ0v) is 24.0. The number of fused-ring (bicyclic) bond motifs is 5. The molecule has 0 saturated carbocycles. The molecule has 1 aliphatic heterocycles. The summed E-state index contributed by atoms with van der Waals surface area (Å²) in [6, 6.07) is 31.0. The minimum Gasteiger partial charge on any atom is -0.309 e. The van der Waals surface area contributed by atoms with Crippen LogP contribution in [0, 0.1) is 20.8 Å². The van der Waals surface area contributed by atoms with Crippen molar-refractivity contribution >= 4 is 45.5 Å². The van der Waals surface area contributed by atoms with Gasteiger partial charge >= 0.3 is 0 Å². The van der Waals surface area contributed by atoms with Gasteiger partial charge in [-0.15, -0.1) is 0 Å². The Hall–Kier alpha value is -4.76. The Bertz CT molecular complexity index is 1930. The standard InChI is InChI=1S/C38H31NO2/c1-22-18-23(2)35(24(3)19-22)39-32-13-9-8-12-31(32)38(4,5)34-27-16-14-25(20-26(27)15-17-33(34)39)21-30-36(40)28-10-6-7-11-29(28)37(30)41/h6-21H,1-5H3. The maximum absolute atomic E-state index is 13.0. The van der Waals surface area contributed by atoms with Crippen LogP contribution in [-0.4, -0.2) is 11.6 Å². The number of carbonyl (C=O) groups is 2. The van der Waals surface area contributed by atoms with E-state index in [4.69, 9.17) is 0 Å². The number of aryl methyl sites for hydroxylation is 3. The van der Waals surface area contributed by atoms with Crippen molar-refractivity contribution in [2.75, 3.05) is 4.90 Å². The van der Waals surface area contributed by atoms with Crippen LogP contribution in [0.2, 0.25) is 0 Å². The van der Waals surface area contributed by atoms with Gasteiger partial charge in [-0.3, -0.25) is 9.59 Å². The van der Waals surface area contributed by atoms with Crippen LogP contribution in [-0.2, 0) is 5.41 Å². The third-order valence-electron chi connectivity index (χ3n) is 8.78. The van der Waals surface area contributed by atoms with Crippen molar-refractivity contribution < 1.29 is 9.59 Å². The molecular weight excluding hydrogens is 502 g/mol. The summed E-state index contributed by atoms with van der Waals surface area (Å²) in [6.45, 7) is 11.2. The van der Waals surface area contributed by atoms with Gasteiger partial charge in [0, 0.05) is 16.5 Å². The van der Waals surface area contributed by atoms with Gasteiger partial charge in [0.1, 0.15) is 0 Å². The molecule has 1 aliphatic carbocycles. The average Bonchev–Trinajstić information content (AvgIpc) is 3.18. The van der Waals surface area contributed by atoms with Gasteiger partial charge in [0.15, 0.2) is 11.6 Å². The molecular formula is C38H31NO2. The fourth-order valence-electron chi connectivity index (χ4n) is 7.07. The van der Waals surface area contributed by atoms with Crippen LogP contribution >= 0.6 is 0 Å². The van der Waals surface area contributed by atoms with E-state index >= 15 is 0 Å². The van der Waals surface area contributed by atoms with Gasteiger partial charge in [-0.25, -0.2) is 0 Å². The largest absolute Gasteiger partial charge is 0.309 e. The second-order valence-electron chi connectivity index (χ2n) is 11.9. The SMILES string of the molecule is Cc1cc(C)c(N2c3ccccc3C(C)(C)c3c2ccc2cc(C=C4C(=O)c5ccccc5C4=O)ccc32)c(C)c1. The highest BCUT2D eigenvalue weighted by Gasteiger charge is 2.39. The van der Waals surface area contributed by atoms with Gasteiger partial charge in [-0.1, -0.05) is 92.2 Å². The number of Topliss-reactive ketones (excluding diaryl/α,β-unsaturated/α-hetero) is 2. The van der Waals surface area contributed by atoms with Crippen molar-refractivity contribution in [1.82, 2.24) is 0 Å². The molecule has 0 unspecified atom stereocenters. The van der Waals surface area contributed by atoms with E-state index in [0.29, 0.717) is 11.1 Å². The number of anilines is 3. The van der Waals surface area contributed by atoms with Crippen LogP contribution in [0.5, 0.6) is 0 Å². The van der Waals surface area contributed by atoms with Gasteiger partial charge in [-0.2, -0.15) is 0 Å². The van der Waals surface area contributed by atoms with Crippen molar-refractivity contribution in [1.29, 1.82) is 0 Å². The van der Waals surface area contributed by atoms with Crippen molar-refractivity contribution in [2.45, 2.75) is 40.0 Å². The number of nitrogens with zero attached hydrogens (tertiary/aromatic N) is 1. The van der Waals surface area contributed by atoms with Crippen LogP contribution in [0.3, 0.4) is 0 Å². The van der Waals surface area contributed by atoms with Crippen LogP contribution in [0.4, 0.5) is 17.1 Å². The Labute approximate surface area is 240 Å². The minimum atomic E-state index is -0.243. The van der Waals surface area contributed by atoms with Crippen molar-refractivity contribution in [3.05, 3.63) is 141 Å². The smallest absolute Gasteiger partial charge is 0.197 e. The van der Waals surface area contributed by atoms with Crippen LogP contribution in [0.15, 0.2) is 96.6 Å². The molecule has 0 radical (unpaired) electrons. The normalized spacial score (nSPS) is 15.1. The van der Waals surface area contributed by atoms with E-state index in [1.54, 1.807) is 30.3 Å². The molecule has 200 valence electrons. The molecule has 1 heterocycles. The van der Waals surface area contributed by atoms with E-state index in [-0.39, 0.29) is 22.6 Å². The molecule has 5 aromatic rings. The third-order valence-corrected chi connectivity index (χ3v) is 8.78. The summed E-state index contributed by atoms with van der Waals surface area (Å²) in [7, 11) is 0. The Morgan fingerprint density at radius 2 is 1.32 bits per heavy atom. The molecule has 0 fully saturated rings. The summed E-state index contributed by atoms with van der Waals surface area (Å²) in [5.41, 5.74) is 11.7. The summed E-state index contributed by atoms with van der Waals surface area (Å²) in [6.07, 6.45) is 1.75. The number of allylic oxidation sites excluding steroid dienone is 1. The van der Waals surface area contributed by atoms with Crippen LogP contribution in [0.1, 0.15) is 67.9 Å². The summed E-state index contributed by atoms with van der Waals surface area (Å²) in [5, 5.41) is 2.25. The lowest BCUT2D eigenvalue weighted by Crippen LogP contribution is -2.31. The molecule has 7 rings (SSSR count). The third kappa shape index (κ3) is 3.65. The molecule has 0 bridgehead atoms. The summed E-state index contributed by atoms with van der Waals surface area (Å²) in [4.78, 5) is 28.5. The number of carbonyl (C=O) groups excluding carboxylic acids is 2. The first kappa shape index (κ1) is 25.2. The Balaban J connectivity index is 1.43. The number of hydrogen-bond donors (Lipinski definition) is 0. The van der Waals surface area contributed by atoms with Gasteiger partial charge in [0.2, 0.25) is 0 Å². The van der Waals surface area contributed by atoms with E-state index in [2.05, 4.69) is 100 Å². The second-order valence-corrected chi connectivity index (χ2v) is 11.9. The van der Waals surface area contributed by atoms with E-state index in [0.717, 1.165) is 10.9 Å². The zero-order chi connectivity index (χ0) is 28.6. The van der Waals surface area contributed by atoms with Crippen LogP contribution in [0.25, 0.3) is 16.8 Å². The predicted octanol–water partition coefficient (Wildman–Crippen LogP) is 9.34. The van der Waals surface area contributed by atoms with Gasteiger partial charge < -0.3 is 4.90 Å². The summed E-state index contributed by atoms with van der Waals surface area (Å²) >= 11 is 0. The molecule has 41 heavy (non-hydrogen) atoms. The predicted molar refractivity (Wildman–Crippen MR) is 168 cm³/mol. The number of benzene rings is 5. The first-order valence-electron chi connectivity index (χ1n) is 14.1. The van der Waals surface area contributed by atoms with Gasteiger partial charge in [-0.05, 0) is 83.6 Å². The quantitative estimate of drug-likeness (QED) is 0.168. The molecule has 0 aromatic heterocycles. The monoisotopic (exact) mass is 533 g/mol. The number of hydrogen-bond acceptors (Lipinski definition) is 3. The van der Waals surface area contributed by atoms with E-state index < -0.39 is 0 Å². The Morgan fingerprint density at radius 1 is 0.683 bits per heavy atom. The summed E-state index contributed by atoms with van der Waals surface area (Å²) in [5.74, 6) is -0.401. The molecule has 3 nitrogen and oxygen atoms in total. The van der Waals surface area contributed by atoms with E-state index in [1.165, 1.54) is 50.3 Å². The number of rotatable bonds is 2.